The van der Waals surface area contributed by atoms with Crippen molar-refractivity contribution in [2.45, 2.75) is 12.1 Å². The number of rotatable bonds is 4. The van der Waals surface area contributed by atoms with Crippen LogP contribution in [-0.4, -0.2) is 21.8 Å². The van der Waals surface area contributed by atoms with Crippen LogP contribution >= 0.6 is 23.4 Å². The first kappa shape index (κ1) is 17.5. The molecule has 1 heterocycles. The van der Waals surface area contributed by atoms with Crippen LogP contribution in [0.15, 0.2) is 53.8 Å². The number of aromatic nitrogens is 2. The summed E-state index contributed by atoms with van der Waals surface area (Å²) in [5.41, 5.74) is 1.77. The SMILES string of the molecule is CSc1ncc(C(=O)Oc2cc(C)ccc2Cl)n1-c1ccc(F)cc1. The zero-order valence-corrected chi connectivity index (χ0v) is 15.1. The van der Waals surface area contributed by atoms with Crippen molar-refractivity contribution >= 4 is 29.3 Å². The molecular formula is C18H14ClFN2O2S. The molecule has 0 saturated carbocycles. The fourth-order valence-corrected chi connectivity index (χ4v) is 3.00. The van der Waals surface area contributed by atoms with E-state index >= 15 is 0 Å². The Kier molecular flexibility index (Phi) is 5.11. The van der Waals surface area contributed by atoms with Crippen molar-refractivity contribution < 1.29 is 13.9 Å². The Morgan fingerprint density at radius 1 is 1.24 bits per heavy atom. The molecule has 25 heavy (non-hydrogen) atoms. The van der Waals surface area contributed by atoms with Crippen LogP contribution in [0, 0.1) is 12.7 Å². The van der Waals surface area contributed by atoms with E-state index in [4.69, 9.17) is 16.3 Å². The predicted octanol–water partition coefficient (Wildman–Crippen LogP) is 4.91. The third-order valence-corrected chi connectivity index (χ3v) is 4.46. The minimum atomic E-state index is -0.593. The Morgan fingerprint density at radius 3 is 2.64 bits per heavy atom. The minimum absolute atomic E-state index is 0.230. The van der Waals surface area contributed by atoms with Crippen LogP contribution in [0.25, 0.3) is 5.69 Å². The topological polar surface area (TPSA) is 44.1 Å². The van der Waals surface area contributed by atoms with Crippen LogP contribution in [0.3, 0.4) is 0 Å². The van der Waals surface area contributed by atoms with Gasteiger partial charge in [-0.15, -0.1) is 0 Å². The molecule has 128 valence electrons. The lowest BCUT2D eigenvalue weighted by molar-refractivity contribution is 0.0725. The molecule has 0 fully saturated rings. The zero-order valence-electron chi connectivity index (χ0n) is 13.5. The standard InChI is InChI=1S/C18H14ClFN2O2S/c1-11-3-8-14(19)16(9-11)24-17(23)15-10-21-18(25-2)22(15)13-6-4-12(20)5-7-13/h3-10H,1-2H3. The lowest BCUT2D eigenvalue weighted by Crippen LogP contribution is -2.14. The van der Waals surface area contributed by atoms with Gasteiger partial charge in [0, 0.05) is 5.69 Å². The molecule has 2 aromatic carbocycles. The van der Waals surface area contributed by atoms with Crippen LogP contribution < -0.4 is 4.74 Å². The lowest BCUT2D eigenvalue weighted by atomic mass is 10.2. The summed E-state index contributed by atoms with van der Waals surface area (Å²) in [6.07, 6.45) is 3.27. The van der Waals surface area contributed by atoms with Gasteiger partial charge in [0.15, 0.2) is 10.9 Å². The zero-order chi connectivity index (χ0) is 18.0. The van der Waals surface area contributed by atoms with E-state index in [0.29, 0.717) is 15.9 Å². The number of hydrogen-bond donors (Lipinski definition) is 0. The van der Waals surface area contributed by atoms with Crippen LogP contribution in [0.1, 0.15) is 16.1 Å². The molecule has 3 rings (SSSR count). The molecule has 0 spiro atoms. The number of carbonyl (C=O) groups is 1. The molecule has 0 amide bonds. The lowest BCUT2D eigenvalue weighted by Gasteiger charge is -2.11. The molecule has 0 N–H and O–H groups in total. The van der Waals surface area contributed by atoms with E-state index < -0.39 is 5.97 Å². The Labute approximate surface area is 153 Å². The molecule has 0 aliphatic rings. The molecule has 0 atom stereocenters. The van der Waals surface area contributed by atoms with E-state index in [1.165, 1.54) is 30.1 Å². The van der Waals surface area contributed by atoms with Gasteiger partial charge in [0.25, 0.3) is 0 Å². The quantitative estimate of drug-likeness (QED) is 0.368. The highest BCUT2D eigenvalue weighted by atomic mass is 35.5. The van der Waals surface area contributed by atoms with E-state index in [-0.39, 0.29) is 17.3 Å². The number of esters is 1. The van der Waals surface area contributed by atoms with Gasteiger partial charge in [0.1, 0.15) is 11.6 Å². The van der Waals surface area contributed by atoms with Crippen molar-refractivity contribution in [3.63, 3.8) is 0 Å². The molecule has 3 aromatic rings. The summed E-state index contributed by atoms with van der Waals surface area (Å²) in [6.45, 7) is 1.88. The highest BCUT2D eigenvalue weighted by molar-refractivity contribution is 7.98. The van der Waals surface area contributed by atoms with E-state index in [1.807, 2.05) is 19.2 Å². The summed E-state index contributed by atoms with van der Waals surface area (Å²) in [6, 6.07) is 11.0. The van der Waals surface area contributed by atoms with E-state index in [0.717, 1.165) is 5.56 Å². The number of carbonyl (C=O) groups excluding carboxylic acids is 1. The van der Waals surface area contributed by atoms with Crippen LogP contribution in [0.4, 0.5) is 4.39 Å². The van der Waals surface area contributed by atoms with Crippen molar-refractivity contribution in [1.82, 2.24) is 9.55 Å². The Bertz CT molecular complexity index is 925. The Balaban J connectivity index is 1.99. The second-order valence-corrected chi connectivity index (χ2v) is 6.45. The first-order chi connectivity index (χ1) is 12.0. The molecule has 0 bridgehead atoms. The summed E-state index contributed by atoms with van der Waals surface area (Å²) >= 11 is 7.46. The maximum Gasteiger partial charge on any atom is 0.362 e. The number of halogens is 2. The Hall–Kier alpha value is -2.31. The van der Waals surface area contributed by atoms with Crippen molar-refractivity contribution in [2.24, 2.45) is 0 Å². The summed E-state index contributed by atoms with van der Waals surface area (Å²) in [7, 11) is 0. The van der Waals surface area contributed by atoms with E-state index in [1.54, 1.807) is 28.8 Å². The third kappa shape index (κ3) is 3.70. The van der Waals surface area contributed by atoms with Crippen molar-refractivity contribution in [3.8, 4) is 11.4 Å². The molecule has 0 radical (unpaired) electrons. The number of ether oxygens (including phenoxy) is 1. The maximum absolute atomic E-state index is 13.2. The van der Waals surface area contributed by atoms with Gasteiger partial charge < -0.3 is 4.74 Å². The van der Waals surface area contributed by atoms with Gasteiger partial charge in [0.2, 0.25) is 0 Å². The molecule has 7 heteroatoms. The second-order valence-electron chi connectivity index (χ2n) is 5.27. The molecular weight excluding hydrogens is 363 g/mol. The van der Waals surface area contributed by atoms with Gasteiger partial charge >= 0.3 is 5.97 Å². The molecule has 0 aliphatic heterocycles. The molecule has 1 aromatic heterocycles. The third-order valence-electron chi connectivity index (χ3n) is 3.50. The maximum atomic E-state index is 13.2. The molecule has 0 aliphatic carbocycles. The van der Waals surface area contributed by atoms with Gasteiger partial charge in [0.05, 0.1) is 11.2 Å². The van der Waals surface area contributed by atoms with Gasteiger partial charge in [-0.2, -0.15) is 0 Å². The van der Waals surface area contributed by atoms with Crippen molar-refractivity contribution in [2.75, 3.05) is 6.26 Å². The Morgan fingerprint density at radius 2 is 1.96 bits per heavy atom. The average Bonchev–Trinajstić information content (AvgIpc) is 3.03. The first-order valence-electron chi connectivity index (χ1n) is 7.35. The summed E-state index contributed by atoms with van der Waals surface area (Å²) in [5, 5.41) is 0.936. The van der Waals surface area contributed by atoms with Gasteiger partial charge in [-0.1, -0.05) is 29.4 Å². The van der Waals surface area contributed by atoms with E-state index in [9.17, 15) is 9.18 Å². The highest BCUT2D eigenvalue weighted by Gasteiger charge is 2.20. The van der Waals surface area contributed by atoms with Gasteiger partial charge in [-0.3, -0.25) is 4.57 Å². The number of benzene rings is 2. The fraction of sp³-hybridized carbons (Fsp3) is 0.111. The summed E-state index contributed by atoms with van der Waals surface area (Å²) < 4.78 is 20.3. The number of imidazole rings is 1. The predicted molar refractivity (Wildman–Crippen MR) is 96.5 cm³/mol. The van der Waals surface area contributed by atoms with Gasteiger partial charge in [-0.05, 0) is 55.1 Å². The first-order valence-corrected chi connectivity index (χ1v) is 8.96. The molecule has 0 saturated heterocycles. The van der Waals surface area contributed by atoms with Gasteiger partial charge in [-0.25, -0.2) is 14.2 Å². The normalized spacial score (nSPS) is 10.7. The number of nitrogens with zero attached hydrogens (tertiary/aromatic N) is 2. The minimum Gasteiger partial charge on any atom is -0.420 e. The van der Waals surface area contributed by atoms with Crippen LogP contribution in [0.5, 0.6) is 5.75 Å². The summed E-state index contributed by atoms with van der Waals surface area (Å²) in [4.78, 5) is 16.9. The number of hydrogen-bond acceptors (Lipinski definition) is 4. The van der Waals surface area contributed by atoms with Crippen LogP contribution in [0.2, 0.25) is 5.02 Å². The monoisotopic (exact) mass is 376 g/mol. The average molecular weight is 377 g/mol. The van der Waals surface area contributed by atoms with Crippen molar-refractivity contribution in [1.29, 1.82) is 0 Å². The van der Waals surface area contributed by atoms with E-state index in [2.05, 4.69) is 4.98 Å². The molecule has 4 nitrogen and oxygen atoms in total. The largest absolute Gasteiger partial charge is 0.420 e. The second kappa shape index (κ2) is 7.29. The van der Waals surface area contributed by atoms with Crippen molar-refractivity contribution in [3.05, 3.63) is 70.8 Å². The number of aryl methyl sites for hydroxylation is 1. The van der Waals surface area contributed by atoms with Crippen LogP contribution in [-0.2, 0) is 0 Å². The number of thioether (sulfide) groups is 1. The summed E-state index contributed by atoms with van der Waals surface area (Å²) in [5.74, 6) is -0.668. The smallest absolute Gasteiger partial charge is 0.362 e. The molecule has 0 unspecified atom stereocenters. The fourth-order valence-electron chi connectivity index (χ4n) is 2.30. The highest BCUT2D eigenvalue weighted by Crippen LogP contribution is 2.28.